The number of Topliss-reactive ketones (excluding diaryl/α,β-unsaturated/α-hetero) is 1. The Morgan fingerprint density at radius 2 is 1.65 bits per heavy atom. The maximum atomic E-state index is 12.0. The van der Waals surface area contributed by atoms with Crippen molar-refractivity contribution in [3.8, 4) is 0 Å². The van der Waals surface area contributed by atoms with E-state index in [1.54, 1.807) is 6.92 Å². The number of carbonyl (C=O) groups is 1. The van der Waals surface area contributed by atoms with Crippen molar-refractivity contribution in [2.45, 2.75) is 64.4 Å². The second-order valence-electron chi connectivity index (χ2n) is 9.23. The molecule has 0 aromatic rings. The Morgan fingerprint density at radius 3 is 2.43 bits per heavy atom. The lowest BCUT2D eigenvalue weighted by Gasteiger charge is -2.56. The molecule has 8 atom stereocenters. The van der Waals surface area contributed by atoms with E-state index >= 15 is 0 Å². The Kier molecular flexibility index (Phi) is 4.08. The van der Waals surface area contributed by atoms with Crippen LogP contribution in [0.5, 0.6) is 0 Å². The zero-order valence-corrected chi connectivity index (χ0v) is 14.7. The molecule has 0 bridgehead atoms. The van der Waals surface area contributed by atoms with Crippen molar-refractivity contribution in [3.63, 3.8) is 0 Å². The number of aliphatic hydroxyl groups is 1. The second-order valence-corrected chi connectivity index (χ2v) is 9.23. The van der Waals surface area contributed by atoms with E-state index in [0.717, 1.165) is 43.1 Å². The average Bonchev–Trinajstić information content (AvgIpc) is 2.52. The Balaban J connectivity index is 1.52. The first-order chi connectivity index (χ1) is 11.0. The second kappa shape index (κ2) is 5.84. The molecule has 23 heavy (non-hydrogen) atoms. The van der Waals surface area contributed by atoms with Gasteiger partial charge in [-0.1, -0.05) is 0 Å². The van der Waals surface area contributed by atoms with Gasteiger partial charge in [-0.25, -0.2) is 0 Å². The third kappa shape index (κ3) is 2.78. The van der Waals surface area contributed by atoms with Gasteiger partial charge in [0.15, 0.2) is 0 Å². The molecule has 3 heteroatoms. The van der Waals surface area contributed by atoms with Crippen molar-refractivity contribution in [2.75, 3.05) is 13.2 Å². The number of hydrogen-bond donors (Lipinski definition) is 1. The van der Waals surface area contributed by atoms with Crippen LogP contribution in [0.1, 0.15) is 58.8 Å². The van der Waals surface area contributed by atoms with Gasteiger partial charge in [0.05, 0.1) is 12.2 Å². The first kappa shape index (κ1) is 16.1. The molecule has 0 aromatic carbocycles. The van der Waals surface area contributed by atoms with Crippen LogP contribution >= 0.6 is 0 Å². The predicted molar refractivity (Wildman–Crippen MR) is 88.9 cm³/mol. The topological polar surface area (TPSA) is 46.5 Å². The van der Waals surface area contributed by atoms with Crippen molar-refractivity contribution in [3.05, 3.63) is 0 Å². The van der Waals surface area contributed by atoms with Crippen molar-refractivity contribution in [2.24, 2.45) is 41.4 Å². The third-order valence-electron chi connectivity index (χ3n) is 7.87. The van der Waals surface area contributed by atoms with Crippen LogP contribution in [0.2, 0.25) is 0 Å². The minimum atomic E-state index is -0.432. The molecule has 0 aromatic heterocycles. The SMILES string of the molecule is CC(=O)[C@H]1COC[C@H]2[C@@H]3CC[C@@H]4C[C@](C)(O)CC[C@@H]4[C@H]3CC[C@@H]21. The number of ether oxygens (including phenoxy) is 1. The summed E-state index contributed by atoms with van der Waals surface area (Å²) in [6, 6.07) is 0. The van der Waals surface area contributed by atoms with Gasteiger partial charge in [0, 0.05) is 12.5 Å². The Labute approximate surface area is 140 Å². The number of rotatable bonds is 1. The van der Waals surface area contributed by atoms with Gasteiger partial charge >= 0.3 is 0 Å². The molecular weight excluding hydrogens is 288 g/mol. The van der Waals surface area contributed by atoms with Crippen LogP contribution in [0.3, 0.4) is 0 Å². The number of hydrogen-bond acceptors (Lipinski definition) is 3. The molecule has 4 rings (SSSR count). The van der Waals surface area contributed by atoms with Crippen molar-refractivity contribution in [1.29, 1.82) is 0 Å². The number of ketones is 1. The van der Waals surface area contributed by atoms with Crippen LogP contribution in [-0.2, 0) is 9.53 Å². The summed E-state index contributed by atoms with van der Waals surface area (Å²) in [5, 5.41) is 10.4. The first-order valence-electron chi connectivity index (χ1n) is 9.77. The summed E-state index contributed by atoms with van der Waals surface area (Å²) in [5.41, 5.74) is -0.432. The lowest BCUT2D eigenvalue weighted by Crippen LogP contribution is -2.52. The molecular formula is C20H32O3. The molecule has 0 amide bonds. The summed E-state index contributed by atoms with van der Waals surface area (Å²) in [6.45, 7) is 5.31. The largest absolute Gasteiger partial charge is 0.390 e. The Morgan fingerprint density at radius 1 is 0.957 bits per heavy atom. The quantitative estimate of drug-likeness (QED) is 0.805. The van der Waals surface area contributed by atoms with E-state index < -0.39 is 5.60 Å². The van der Waals surface area contributed by atoms with Crippen molar-refractivity contribution < 1.29 is 14.6 Å². The van der Waals surface area contributed by atoms with Gasteiger partial charge < -0.3 is 9.84 Å². The predicted octanol–water partition coefficient (Wildman–Crippen LogP) is 3.44. The smallest absolute Gasteiger partial charge is 0.135 e. The monoisotopic (exact) mass is 320 g/mol. The Bertz CT molecular complexity index is 472. The van der Waals surface area contributed by atoms with Gasteiger partial charge in [0.25, 0.3) is 0 Å². The highest BCUT2D eigenvalue weighted by molar-refractivity contribution is 5.78. The lowest BCUT2D eigenvalue weighted by molar-refractivity contribution is -0.148. The molecule has 4 fully saturated rings. The van der Waals surface area contributed by atoms with Crippen molar-refractivity contribution >= 4 is 5.78 Å². The van der Waals surface area contributed by atoms with Crippen molar-refractivity contribution in [1.82, 2.24) is 0 Å². The molecule has 1 heterocycles. The average molecular weight is 320 g/mol. The van der Waals surface area contributed by atoms with Gasteiger partial charge in [-0.2, -0.15) is 0 Å². The van der Waals surface area contributed by atoms with Crippen LogP contribution in [-0.4, -0.2) is 29.7 Å². The third-order valence-corrected chi connectivity index (χ3v) is 7.87. The molecule has 3 saturated carbocycles. The van der Waals surface area contributed by atoms with Crippen LogP contribution in [0.25, 0.3) is 0 Å². The molecule has 1 aliphatic heterocycles. The molecule has 0 unspecified atom stereocenters. The van der Waals surface area contributed by atoms with E-state index in [4.69, 9.17) is 4.74 Å². The minimum Gasteiger partial charge on any atom is -0.390 e. The summed E-state index contributed by atoms with van der Waals surface area (Å²) >= 11 is 0. The van der Waals surface area contributed by atoms with E-state index in [2.05, 4.69) is 0 Å². The maximum Gasteiger partial charge on any atom is 0.135 e. The molecule has 0 radical (unpaired) electrons. The number of fused-ring (bicyclic) bond motifs is 5. The Hall–Kier alpha value is -0.410. The van der Waals surface area contributed by atoms with Crippen LogP contribution in [0.15, 0.2) is 0 Å². The molecule has 3 aliphatic carbocycles. The van der Waals surface area contributed by atoms with Crippen LogP contribution < -0.4 is 0 Å². The lowest BCUT2D eigenvalue weighted by atomic mass is 9.51. The van der Waals surface area contributed by atoms with Gasteiger partial charge in [-0.05, 0) is 94.3 Å². The zero-order chi connectivity index (χ0) is 16.2. The molecule has 1 N–H and O–H groups in total. The standard InChI is InChI=1S/C20H32O3/c1-12(21)18-10-23-11-19-16-4-3-13-9-20(2,22)8-7-14(13)15(16)5-6-17(18)19/h13-19,22H,3-11H2,1-2H3/t13-,14+,15-,16-,17-,18-,19+,20-/m1/s1. The molecule has 4 aliphatic rings. The normalized spacial score (nSPS) is 52.9. The summed E-state index contributed by atoms with van der Waals surface area (Å²) in [7, 11) is 0. The van der Waals surface area contributed by atoms with E-state index in [-0.39, 0.29) is 5.92 Å². The van der Waals surface area contributed by atoms with Gasteiger partial charge in [0.1, 0.15) is 5.78 Å². The molecule has 1 saturated heterocycles. The summed E-state index contributed by atoms with van der Waals surface area (Å²) in [5.74, 6) is 4.79. The van der Waals surface area contributed by atoms with Crippen LogP contribution in [0.4, 0.5) is 0 Å². The van der Waals surface area contributed by atoms with Gasteiger partial charge in [0.2, 0.25) is 0 Å². The van der Waals surface area contributed by atoms with Gasteiger partial charge in [-0.3, -0.25) is 4.79 Å². The molecule has 3 nitrogen and oxygen atoms in total. The highest BCUT2D eigenvalue weighted by Gasteiger charge is 2.52. The fourth-order valence-corrected chi connectivity index (χ4v) is 6.85. The maximum absolute atomic E-state index is 12.0. The fraction of sp³-hybridized carbons (Fsp3) is 0.950. The summed E-state index contributed by atoms with van der Waals surface area (Å²) < 4.78 is 5.87. The van der Waals surface area contributed by atoms with Gasteiger partial charge in [-0.15, -0.1) is 0 Å². The minimum absolute atomic E-state index is 0.152. The fourth-order valence-electron chi connectivity index (χ4n) is 6.85. The highest BCUT2D eigenvalue weighted by Crippen LogP contribution is 2.57. The summed E-state index contributed by atoms with van der Waals surface area (Å²) in [4.78, 5) is 12.0. The summed E-state index contributed by atoms with van der Waals surface area (Å²) in [6.07, 6.45) is 8.26. The van der Waals surface area contributed by atoms with E-state index in [0.29, 0.717) is 24.2 Å². The zero-order valence-electron chi connectivity index (χ0n) is 14.7. The molecule has 0 spiro atoms. The highest BCUT2D eigenvalue weighted by atomic mass is 16.5. The first-order valence-corrected chi connectivity index (χ1v) is 9.77. The van der Waals surface area contributed by atoms with Crippen LogP contribution in [0, 0.1) is 41.4 Å². The van der Waals surface area contributed by atoms with E-state index in [1.807, 2.05) is 6.92 Å². The van der Waals surface area contributed by atoms with E-state index in [9.17, 15) is 9.90 Å². The van der Waals surface area contributed by atoms with E-state index in [1.165, 1.54) is 32.1 Å². The molecule has 130 valence electrons. The number of carbonyl (C=O) groups excluding carboxylic acids is 1.